The highest BCUT2D eigenvalue weighted by atomic mass is 32.2. The van der Waals surface area contributed by atoms with Crippen molar-refractivity contribution in [2.24, 2.45) is 0 Å². The Morgan fingerprint density at radius 1 is 0.919 bits per heavy atom. The minimum absolute atomic E-state index is 0.0470. The Morgan fingerprint density at radius 2 is 1.62 bits per heavy atom. The standard InChI is InChI=1S/C24H20F2N6O4S/c25-19-4-3-16(13-20(19)26)37(35,36)30-15-2-5-21-17(12-15)18(23(33)34)14-22(29-21)31-8-10-32(11-9-31)24-27-6-1-7-28-24/h1-7,12-14,30H,8-11H2,(H,33,34). The monoisotopic (exact) mass is 526 g/mol. The maximum Gasteiger partial charge on any atom is 0.336 e. The van der Waals surface area contributed by atoms with E-state index in [-0.39, 0.29) is 16.6 Å². The van der Waals surface area contributed by atoms with E-state index in [0.717, 1.165) is 6.07 Å². The number of fused-ring (bicyclic) bond motifs is 1. The van der Waals surface area contributed by atoms with Gasteiger partial charge in [0.05, 0.1) is 16.0 Å². The van der Waals surface area contributed by atoms with Crippen molar-refractivity contribution in [3.63, 3.8) is 0 Å². The largest absolute Gasteiger partial charge is 0.478 e. The summed E-state index contributed by atoms with van der Waals surface area (Å²) in [6, 6.07) is 9.68. The van der Waals surface area contributed by atoms with Crippen molar-refractivity contribution in [3.8, 4) is 0 Å². The van der Waals surface area contributed by atoms with Gasteiger partial charge in [0.25, 0.3) is 10.0 Å². The van der Waals surface area contributed by atoms with Crippen molar-refractivity contribution in [1.82, 2.24) is 15.0 Å². The number of aromatic nitrogens is 3. The van der Waals surface area contributed by atoms with Gasteiger partial charge in [0.15, 0.2) is 11.6 Å². The molecule has 4 aromatic rings. The summed E-state index contributed by atoms with van der Waals surface area (Å²) in [5.41, 5.74) is 0.355. The topological polar surface area (TPSA) is 129 Å². The van der Waals surface area contributed by atoms with Crippen LogP contribution in [0.3, 0.4) is 0 Å². The summed E-state index contributed by atoms with van der Waals surface area (Å²) < 4.78 is 54.3. The molecule has 3 heterocycles. The van der Waals surface area contributed by atoms with Crippen molar-refractivity contribution in [1.29, 1.82) is 0 Å². The van der Waals surface area contributed by atoms with E-state index in [1.807, 2.05) is 9.80 Å². The molecule has 1 aliphatic rings. The van der Waals surface area contributed by atoms with Crippen LogP contribution >= 0.6 is 0 Å². The number of nitrogens with zero attached hydrogens (tertiary/aromatic N) is 5. The van der Waals surface area contributed by atoms with Crippen LogP contribution in [0.1, 0.15) is 10.4 Å². The highest BCUT2D eigenvalue weighted by Gasteiger charge is 2.23. The first-order valence-corrected chi connectivity index (χ1v) is 12.6. The third kappa shape index (κ3) is 4.98. The molecule has 190 valence electrons. The van der Waals surface area contributed by atoms with Gasteiger partial charge in [-0.1, -0.05) is 0 Å². The highest BCUT2D eigenvalue weighted by molar-refractivity contribution is 7.92. The van der Waals surface area contributed by atoms with Crippen molar-refractivity contribution < 1.29 is 27.1 Å². The number of carboxylic acid groups (broad SMARTS) is 1. The van der Waals surface area contributed by atoms with Gasteiger partial charge in [-0.15, -0.1) is 0 Å². The fourth-order valence-corrected chi connectivity index (χ4v) is 5.12. The molecule has 0 aliphatic carbocycles. The van der Waals surface area contributed by atoms with E-state index in [1.54, 1.807) is 18.5 Å². The van der Waals surface area contributed by atoms with Gasteiger partial charge >= 0.3 is 5.97 Å². The number of aromatic carboxylic acids is 1. The Morgan fingerprint density at radius 3 is 2.30 bits per heavy atom. The molecule has 0 unspecified atom stereocenters. The molecule has 0 saturated carbocycles. The van der Waals surface area contributed by atoms with Crippen LogP contribution in [0, 0.1) is 11.6 Å². The quantitative estimate of drug-likeness (QED) is 0.389. The molecule has 0 spiro atoms. The average molecular weight is 527 g/mol. The van der Waals surface area contributed by atoms with E-state index in [1.165, 1.54) is 24.3 Å². The second-order valence-electron chi connectivity index (χ2n) is 8.27. The van der Waals surface area contributed by atoms with Crippen LogP contribution in [0.15, 0.2) is 65.8 Å². The van der Waals surface area contributed by atoms with Crippen LogP contribution in [0.25, 0.3) is 10.9 Å². The molecule has 2 N–H and O–H groups in total. The van der Waals surface area contributed by atoms with Crippen LogP contribution in [0.5, 0.6) is 0 Å². The number of benzene rings is 2. The van der Waals surface area contributed by atoms with Gasteiger partial charge in [-0.25, -0.2) is 36.9 Å². The molecular weight excluding hydrogens is 506 g/mol. The van der Waals surface area contributed by atoms with Gasteiger partial charge < -0.3 is 14.9 Å². The van der Waals surface area contributed by atoms with Crippen LogP contribution in [-0.2, 0) is 10.0 Å². The first-order valence-electron chi connectivity index (χ1n) is 11.1. The van der Waals surface area contributed by atoms with Gasteiger partial charge in [-0.05, 0) is 48.5 Å². The fraction of sp³-hybridized carbons (Fsp3) is 0.167. The number of pyridine rings is 1. The van der Waals surface area contributed by atoms with Crippen LogP contribution < -0.4 is 14.5 Å². The number of rotatable bonds is 6. The number of halogens is 2. The minimum atomic E-state index is -4.26. The summed E-state index contributed by atoms with van der Waals surface area (Å²) in [6.45, 7) is 2.39. The Hall–Kier alpha value is -4.39. The Bertz CT molecular complexity index is 1600. The lowest BCUT2D eigenvalue weighted by Crippen LogP contribution is -2.47. The number of sulfonamides is 1. The van der Waals surface area contributed by atoms with Gasteiger partial charge in [0.1, 0.15) is 5.82 Å². The maximum atomic E-state index is 13.5. The van der Waals surface area contributed by atoms with Gasteiger partial charge in [0.2, 0.25) is 5.95 Å². The maximum absolute atomic E-state index is 13.5. The van der Waals surface area contributed by atoms with Gasteiger partial charge in [0, 0.05) is 49.6 Å². The molecule has 1 saturated heterocycles. The first-order chi connectivity index (χ1) is 17.7. The number of nitrogens with one attached hydrogen (secondary N) is 1. The van der Waals surface area contributed by atoms with Gasteiger partial charge in [-0.3, -0.25) is 4.72 Å². The number of piperazine rings is 1. The van der Waals surface area contributed by atoms with E-state index >= 15 is 0 Å². The third-order valence-corrected chi connectivity index (χ3v) is 7.30. The number of carbonyl (C=O) groups is 1. The number of hydrogen-bond acceptors (Lipinski definition) is 8. The predicted molar refractivity (Wildman–Crippen MR) is 132 cm³/mol. The lowest BCUT2D eigenvalue weighted by Gasteiger charge is -2.35. The van der Waals surface area contributed by atoms with E-state index in [0.29, 0.717) is 55.6 Å². The zero-order valence-corrected chi connectivity index (χ0v) is 20.0. The second kappa shape index (κ2) is 9.58. The molecule has 0 bridgehead atoms. The fourth-order valence-electron chi connectivity index (χ4n) is 4.06. The molecule has 0 radical (unpaired) electrons. The lowest BCUT2D eigenvalue weighted by molar-refractivity contribution is 0.0699. The van der Waals surface area contributed by atoms with E-state index in [2.05, 4.69) is 19.7 Å². The van der Waals surface area contributed by atoms with E-state index in [9.17, 15) is 27.1 Å². The summed E-state index contributed by atoms with van der Waals surface area (Å²) in [6.07, 6.45) is 3.34. The Kier molecular flexibility index (Phi) is 6.29. The normalized spacial score (nSPS) is 14.1. The van der Waals surface area contributed by atoms with Crippen molar-refractivity contribution in [2.75, 3.05) is 40.7 Å². The summed E-state index contributed by atoms with van der Waals surface area (Å²) in [5.74, 6) is -2.58. The van der Waals surface area contributed by atoms with Crippen LogP contribution in [-0.4, -0.2) is 60.6 Å². The molecule has 0 atom stereocenters. The van der Waals surface area contributed by atoms with Crippen LogP contribution in [0.4, 0.5) is 26.2 Å². The molecule has 5 rings (SSSR count). The molecule has 0 amide bonds. The smallest absolute Gasteiger partial charge is 0.336 e. The van der Waals surface area contributed by atoms with Crippen molar-refractivity contribution in [3.05, 3.63) is 78.1 Å². The summed E-state index contributed by atoms with van der Waals surface area (Å²) in [4.78, 5) is 28.7. The van der Waals surface area contributed by atoms with Crippen molar-refractivity contribution in [2.45, 2.75) is 4.90 Å². The molecule has 1 aliphatic heterocycles. The molecule has 1 fully saturated rings. The minimum Gasteiger partial charge on any atom is -0.478 e. The summed E-state index contributed by atoms with van der Waals surface area (Å²) in [7, 11) is -4.26. The summed E-state index contributed by atoms with van der Waals surface area (Å²) in [5, 5.41) is 10.1. The molecule has 37 heavy (non-hydrogen) atoms. The van der Waals surface area contributed by atoms with Crippen molar-refractivity contribution >= 4 is 44.3 Å². The van der Waals surface area contributed by atoms with Gasteiger partial charge in [-0.2, -0.15) is 0 Å². The third-order valence-electron chi connectivity index (χ3n) is 5.92. The molecule has 10 nitrogen and oxygen atoms in total. The summed E-state index contributed by atoms with van der Waals surface area (Å²) >= 11 is 0. The predicted octanol–water partition coefficient (Wildman–Crippen LogP) is 3.13. The molecule has 2 aromatic carbocycles. The second-order valence-corrected chi connectivity index (χ2v) is 9.95. The van der Waals surface area contributed by atoms with Crippen LogP contribution in [0.2, 0.25) is 0 Å². The van der Waals surface area contributed by atoms with E-state index < -0.39 is 32.5 Å². The zero-order chi connectivity index (χ0) is 26.2. The molecule has 13 heteroatoms. The lowest BCUT2D eigenvalue weighted by atomic mass is 10.1. The SMILES string of the molecule is O=C(O)c1cc(N2CCN(c3ncccn3)CC2)nc2ccc(NS(=O)(=O)c3ccc(F)c(F)c3)cc12. The highest BCUT2D eigenvalue weighted by Crippen LogP contribution is 2.28. The average Bonchev–Trinajstić information content (AvgIpc) is 2.90. The number of anilines is 3. The van der Waals surface area contributed by atoms with E-state index in [4.69, 9.17) is 0 Å². The Balaban J connectivity index is 1.41. The Labute approximate surface area is 210 Å². The molecule has 2 aromatic heterocycles. The number of hydrogen-bond donors (Lipinski definition) is 2. The molecular formula is C24H20F2N6O4S. The first kappa shape index (κ1) is 24.3. The number of carboxylic acids is 1. The zero-order valence-electron chi connectivity index (χ0n) is 19.2.